The Bertz CT molecular complexity index is 363. The highest BCUT2D eigenvalue weighted by molar-refractivity contribution is 7.80. The number of anilines is 1. The average molecular weight is 264 g/mol. The molecule has 5 heteroatoms. The number of hydrogen-bond acceptors (Lipinski definition) is 3. The van der Waals surface area contributed by atoms with Crippen LogP contribution in [0.3, 0.4) is 0 Å². The van der Waals surface area contributed by atoms with Crippen molar-refractivity contribution in [3.05, 3.63) is 24.5 Å². The molecule has 0 amide bonds. The van der Waals surface area contributed by atoms with Crippen LogP contribution in [0.4, 0.5) is 5.69 Å². The molecule has 2 N–H and O–H groups in total. The van der Waals surface area contributed by atoms with Gasteiger partial charge in [0.15, 0.2) is 5.11 Å². The van der Waals surface area contributed by atoms with E-state index in [1.54, 1.807) is 12.4 Å². The van der Waals surface area contributed by atoms with E-state index in [4.69, 9.17) is 12.2 Å². The van der Waals surface area contributed by atoms with Gasteiger partial charge in [0, 0.05) is 24.6 Å². The Hall–Kier alpha value is -1.20. The molecule has 0 atom stereocenters. The zero-order valence-electron chi connectivity index (χ0n) is 10.6. The second kappa shape index (κ2) is 7.28. The SMILES string of the molecule is S=C(NCCCN1CCCC1)Nc1ccncc1. The van der Waals surface area contributed by atoms with E-state index < -0.39 is 0 Å². The summed E-state index contributed by atoms with van der Waals surface area (Å²) in [5, 5.41) is 7.05. The third kappa shape index (κ3) is 4.58. The first-order chi connectivity index (χ1) is 8.84. The molecule has 1 fully saturated rings. The Labute approximate surface area is 114 Å². The highest BCUT2D eigenvalue weighted by Gasteiger charge is 2.10. The topological polar surface area (TPSA) is 40.2 Å². The standard InChI is InChI=1S/C13H20N4S/c18-13(16-12-4-7-14-8-5-12)15-6-3-11-17-9-1-2-10-17/h4-5,7-8H,1-3,6,9-11H2,(H2,14,15,16,18). The molecular weight excluding hydrogens is 244 g/mol. The molecule has 0 saturated carbocycles. The number of likely N-dealkylation sites (tertiary alicyclic amines) is 1. The van der Waals surface area contributed by atoms with Crippen LogP contribution >= 0.6 is 12.2 Å². The van der Waals surface area contributed by atoms with Crippen molar-refractivity contribution in [1.29, 1.82) is 0 Å². The second-order valence-corrected chi connectivity index (χ2v) is 4.93. The number of thiocarbonyl (C=S) groups is 1. The molecule has 0 bridgehead atoms. The van der Waals surface area contributed by atoms with Crippen molar-refractivity contribution in [3.8, 4) is 0 Å². The number of nitrogens with zero attached hydrogens (tertiary/aromatic N) is 2. The number of rotatable bonds is 5. The monoisotopic (exact) mass is 264 g/mol. The summed E-state index contributed by atoms with van der Waals surface area (Å²) in [6.07, 6.45) is 7.35. The van der Waals surface area contributed by atoms with E-state index >= 15 is 0 Å². The fourth-order valence-corrected chi connectivity index (χ4v) is 2.34. The molecule has 0 aromatic carbocycles. The van der Waals surface area contributed by atoms with E-state index in [1.165, 1.54) is 32.5 Å². The minimum absolute atomic E-state index is 0.683. The van der Waals surface area contributed by atoms with Crippen LogP contribution < -0.4 is 10.6 Å². The number of nitrogens with one attached hydrogen (secondary N) is 2. The maximum atomic E-state index is 5.23. The second-order valence-electron chi connectivity index (χ2n) is 4.52. The van der Waals surface area contributed by atoms with Gasteiger partial charge in [-0.05, 0) is 63.2 Å². The summed E-state index contributed by atoms with van der Waals surface area (Å²) in [7, 11) is 0. The van der Waals surface area contributed by atoms with E-state index in [9.17, 15) is 0 Å². The minimum atomic E-state index is 0.683. The lowest BCUT2D eigenvalue weighted by molar-refractivity contribution is 0.334. The third-order valence-electron chi connectivity index (χ3n) is 3.07. The zero-order valence-corrected chi connectivity index (χ0v) is 11.4. The molecule has 1 aromatic rings. The van der Waals surface area contributed by atoms with Gasteiger partial charge in [-0.3, -0.25) is 4.98 Å². The van der Waals surface area contributed by atoms with Gasteiger partial charge < -0.3 is 15.5 Å². The first-order valence-corrected chi connectivity index (χ1v) is 6.93. The fourth-order valence-electron chi connectivity index (χ4n) is 2.12. The van der Waals surface area contributed by atoms with Crippen molar-refractivity contribution in [1.82, 2.24) is 15.2 Å². The molecule has 0 aliphatic carbocycles. The predicted molar refractivity (Wildman–Crippen MR) is 78.8 cm³/mol. The Morgan fingerprint density at radius 1 is 1.28 bits per heavy atom. The molecule has 1 aliphatic rings. The number of pyridine rings is 1. The molecule has 2 rings (SSSR count). The van der Waals surface area contributed by atoms with Gasteiger partial charge in [-0.25, -0.2) is 0 Å². The lowest BCUT2D eigenvalue weighted by Gasteiger charge is -2.15. The van der Waals surface area contributed by atoms with Gasteiger partial charge >= 0.3 is 0 Å². The van der Waals surface area contributed by atoms with Gasteiger partial charge in [-0.1, -0.05) is 0 Å². The zero-order chi connectivity index (χ0) is 12.6. The summed E-state index contributed by atoms with van der Waals surface area (Å²) < 4.78 is 0. The largest absolute Gasteiger partial charge is 0.362 e. The molecule has 4 nitrogen and oxygen atoms in total. The van der Waals surface area contributed by atoms with Crippen molar-refractivity contribution in [2.75, 3.05) is 31.5 Å². The van der Waals surface area contributed by atoms with Crippen LogP contribution in [0.2, 0.25) is 0 Å². The van der Waals surface area contributed by atoms with Gasteiger partial charge in [0.1, 0.15) is 0 Å². The molecule has 2 heterocycles. The Morgan fingerprint density at radius 3 is 2.72 bits per heavy atom. The maximum absolute atomic E-state index is 5.23. The first-order valence-electron chi connectivity index (χ1n) is 6.52. The van der Waals surface area contributed by atoms with Gasteiger partial charge in [0.05, 0.1) is 0 Å². The molecule has 98 valence electrons. The van der Waals surface area contributed by atoms with Crippen LogP contribution in [0.25, 0.3) is 0 Å². The lowest BCUT2D eigenvalue weighted by atomic mass is 10.4. The van der Waals surface area contributed by atoms with Crippen molar-refractivity contribution < 1.29 is 0 Å². The minimum Gasteiger partial charge on any atom is -0.362 e. The third-order valence-corrected chi connectivity index (χ3v) is 3.32. The van der Waals surface area contributed by atoms with Crippen LogP contribution in [0.1, 0.15) is 19.3 Å². The van der Waals surface area contributed by atoms with Gasteiger partial charge in [-0.2, -0.15) is 0 Å². The summed E-state index contributed by atoms with van der Waals surface area (Å²) in [4.78, 5) is 6.48. The van der Waals surface area contributed by atoms with Crippen LogP contribution in [-0.2, 0) is 0 Å². The number of aromatic nitrogens is 1. The van der Waals surface area contributed by atoms with Crippen LogP contribution in [0, 0.1) is 0 Å². The van der Waals surface area contributed by atoms with Gasteiger partial charge in [0.2, 0.25) is 0 Å². The molecule has 18 heavy (non-hydrogen) atoms. The van der Waals surface area contributed by atoms with Crippen molar-refractivity contribution in [2.45, 2.75) is 19.3 Å². The molecule has 0 unspecified atom stereocenters. The lowest BCUT2D eigenvalue weighted by Crippen LogP contribution is -2.31. The van der Waals surface area contributed by atoms with Crippen LogP contribution in [0.15, 0.2) is 24.5 Å². The van der Waals surface area contributed by atoms with Crippen molar-refractivity contribution in [3.63, 3.8) is 0 Å². The Morgan fingerprint density at radius 2 is 2.00 bits per heavy atom. The molecule has 0 radical (unpaired) electrons. The quantitative estimate of drug-likeness (QED) is 0.627. The van der Waals surface area contributed by atoms with Crippen LogP contribution in [0.5, 0.6) is 0 Å². The van der Waals surface area contributed by atoms with E-state index in [1.807, 2.05) is 12.1 Å². The molecule has 1 aromatic heterocycles. The van der Waals surface area contributed by atoms with Crippen molar-refractivity contribution >= 4 is 23.0 Å². The van der Waals surface area contributed by atoms with Gasteiger partial charge in [0.25, 0.3) is 0 Å². The van der Waals surface area contributed by atoms with Crippen molar-refractivity contribution in [2.24, 2.45) is 0 Å². The summed E-state index contributed by atoms with van der Waals surface area (Å²) in [5.74, 6) is 0. The Balaban J connectivity index is 1.57. The smallest absolute Gasteiger partial charge is 0.170 e. The van der Waals surface area contributed by atoms with E-state index in [2.05, 4.69) is 20.5 Å². The van der Waals surface area contributed by atoms with E-state index in [0.29, 0.717) is 5.11 Å². The van der Waals surface area contributed by atoms with Crippen LogP contribution in [-0.4, -0.2) is 41.2 Å². The van der Waals surface area contributed by atoms with E-state index in [0.717, 1.165) is 18.7 Å². The summed E-state index contributed by atoms with van der Waals surface area (Å²) in [5.41, 5.74) is 0.974. The average Bonchev–Trinajstić information content (AvgIpc) is 2.89. The molecule has 0 spiro atoms. The summed E-state index contributed by atoms with van der Waals surface area (Å²) in [6, 6.07) is 3.80. The van der Waals surface area contributed by atoms with Gasteiger partial charge in [-0.15, -0.1) is 0 Å². The Kier molecular flexibility index (Phi) is 5.36. The summed E-state index contributed by atoms with van der Waals surface area (Å²) >= 11 is 5.23. The molecule has 1 saturated heterocycles. The molecular formula is C13H20N4S. The van der Waals surface area contributed by atoms with E-state index in [-0.39, 0.29) is 0 Å². The fraction of sp³-hybridized carbons (Fsp3) is 0.538. The highest BCUT2D eigenvalue weighted by atomic mass is 32.1. The predicted octanol–water partition coefficient (Wildman–Crippen LogP) is 1.85. The maximum Gasteiger partial charge on any atom is 0.170 e. The number of hydrogen-bond donors (Lipinski definition) is 2. The molecule has 1 aliphatic heterocycles. The highest BCUT2D eigenvalue weighted by Crippen LogP contribution is 2.07. The normalized spacial score (nSPS) is 15.6. The first kappa shape index (κ1) is 13.2. The summed E-state index contributed by atoms with van der Waals surface area (Å²) in [6.45, 7) is 4.62.